The van der Waals surface area contributed by atoms with Crippen molar-refractivity contribution in [3.8, 4) is 5.69 Å². The number of hydrogen-bond acceptors (Lipinski definition) is 5. The summed E-state index contributed by atoms with van der Waals surface area (Å²) in [5.74, 6) is -2.97. The summed E-state index contributed by atoms with van der Waals surface area (Å²) >= 11 is 0. The van der Waals surface area contributed by atoms with Crippen molar-refractivity contribution in [2.24, 2.45) is 5.10 Å². The molecule has 1 amide bonds. The second-order valence-corrected chi connectivity index (χ2v) is 6.19. The van der Waals surface area contributed by atoms with E-state index in [4.69, 9.17) is 9.52 Å². The highest BCUT2D eigenvalue weighted by Gasteiger charge is 2.17. The van der Waals surface area contributed by atoms with Crippen LogP contribution < -0.4 is 5.43 Å². The number of hydrogen-bond donors (Lipinski definition) is 3. The fourth-order valence-electron chi connectivity index (χ4n) is 2.84. The summed E-state index contributed by atoms with van der Waals surface area (Å²) in [6.45, 7) is 3.68. The first kappa shape index (κ1) is 19.6. The zero-order valence-corrected chi connectivity index (χ0v) is 15.5. The van der Waals surface area contributed by atoms with Crippen molar-refractivity contribution in [2.45, 2.75) is 13.8 Å². The molecule has 9 heteroatoms. The Morgan fingerprint density at radius 3 is 2.28 bits per heavy atom. The molecule has 2 heterocycles. The first-order valence-corrected chi connectivity index (χ1v) is 8.47. The van der Waals surface area contributed by atoms with Gasteiger partial charge in [0.1, 0.15) is 5.76 Å². The van der Waals surface area contributed by atoms with Crippen LogP contribution in [0.1, 0.15) is 48.4 Å². The number of carbonyl (C=O) groups excluding carboxylic acids is 1. The van der Waals surface area contributed by atoms with Gasteiger partial charge in [-0.05, 0) is 56.3 Å². The van der Waals surface area contributed by atoms with Gasteiger partial charge in [0.25, 0.3) is 5.91 Å². The Kier molecular flexibility index (Phi) is 5.31. The summed E-state index contributed by atoms with van der Waals surface area (Å²) < 4.78 is 6.75. The van der Waals surface area contributed by atoms with E-state index in [0.29, 0.717) is 5.69 Å². The Bertz CT molecular complexity index is 1120. The van der Waals surface area contributed by atoms with E-state index in [1.807, 2.05) is 26.0 Å². The minimum absolute atomic E-state index is 0.0595. The minimum atomic E-state index is -1.21. The predicted octanol–water partition coefficient (Wildman–Crippen LogP) is 2.85. The number of amides is 1. The number of hydrazone groups is 1. The van der Waals surface area contributed by atoms with Crippen molar-refractivity contribution >= 4 is 24.1 Å². The van der Waals surface area contributed by atoms with Crippen LogP contribution in [0, 0.1) is 13.8 Å². The molecule has 0 aliphatic rings. The highest BCUT2D eigenvalue weighted by Crippen LogP contribution is 2.22. The predicted molar refractivity (Wildman–Crippen MR) is 103 cm³/mol. The van der Waals surface area contributed by atoms with Gasteiger partial charge in [0.15, 0.2) is 0 Å². The van der Waals surface area contributed by atoms with Gasteiger partial charge in [0, 0.05) is 17.0 Å². The molecule has 0 unspecified atom stereocenters. The number of furan rings is 1. The van der Waals surface area contributed by atoms with Crippen LogP contribution in [0.2, 0.25) is 0 Å². The summed E-state index contributed by atoms with van der Waals surface area (Å²) in [5.41, 5.74) is 4.59. The van der Waals surface area contributed by atoms with Crippen LogP contribution in [0.15, 0.2) is 52.0 Å². The average Bonchev–Trinajstić information content (AvgIpc) is 3.28. The topological polar surface area (TPSA) is 134 Å². The van der Waals surface area contributed by atoms with Gasteiger partial charge in [0.05, 0.1) is 17.5 Å². The fourth-order valence-corrected chi connectivity index (χ4v) is 2.84. The quantitative estimate of drug-likeness (QED) is 0.434. The van der Waals surface area contributed by atoms with Gasteiger partial charge in [-0.3, -0.25) is 4.79 Å². The Morgan fingerprint density at radius 2 is 1.69 bits per heavy atom. The van der Waals surface area contributed by atoms with Crippen LogP contribution in [0.5, 0.6) is 0 Å². The SMILES string of the molecule is Cc1ccc(C)n1-c1cc(C(=O)NN=Cc2ccc(C(=O)O)o2)ccc1C(=O)O. The standard InChI is InChI=1S/C20H17N3O6/c1-11-3-4-12(2)23(11)16-9-13(5-7-15(16)19(25)26)18(24)22-21-10-14-6-8-17(29-14)20(27)28/h3-10H,1-2H3,(H,22,24)(H,25,26)(H,27,28). The third kappa shape index (κ3) is 4.08. The van der Waals surface area contributed by atoms with Gasteiger partial charge in [-0.25, -0.2) is 15.0 Å². The molecule has 0 spiro atoms. The maximum atomic E-state index is 12.4. The maximum Gasteiger partial charge on any atom is 0.371 e. The molecule has 29 heavy (non-hydrogen) atoms. The molecule has 0 aliphatic heterocycles. The zero-order valence-electron chi connectivity index (χ0n) is 15.5. The summed E-state index contributed by atoms with van der Waals surface area (Å²) in [6, 6.07) is 10.6. The van der Waals surface area contributed by atoms with Crippen molar-refractivity contribution in [1.82, 2.24) is 9.99 Å². The molecule has 0 fully saturated rings. The van der Waals surface area contributed by atoms with Gasteiger partial charge >= 0.3 is 11.9 Å². The third-order valence-electron chi connectivity index (χ3n) is 4.20. The van der Waals surface area contributed by atoms with E-state index < -0.39 is 17.8 Å². The number of carbonyl (C=O) groups is 3. The van der Waals surface area contributed by atoms with Crippen LogP contribution in [0.4, 0.5) is 0 Å². The highest BCUT2D eigenvalue weighted by molar-refractivity contribution is 5.98. The zero-order chi connectivity index (χ0) is 21.1. The van der Waals surface area contributed by atoms with Crippen LogP contribution >= 0.6 is 0 Å². The van der Waals surface area contributed by atoms with Gasteiger partial charge in [0.2, 0.25) is 5.76 Å². The maximum absolute atomic E-state index is 12.4. The largest absolute Gasteiger partial charge is 0.478 e. The first-order chi connectivity index (χ1) is 13.8. The number of carboxylic acids is 2. The van der Waals surface area contributed by atoms with Crippen LogP contribution in [0.3, 0.4) is 0 Å². The number of nitrogens with zero attached hydrogens (tertiary/aromatic N) is 2. The number of aromatic carboxylic acids is 2. The Hall–Kier alpha value is -4.14. The number of nitrogens with one attached hydrogen (secondary N) is 1. The molecule has 0 saturated heterocycles. The summed E-state index contributed by atoms with van der Waals surface area (Å²) in [4.78, 5) is 34.8. The van der Waals surface area contributed by atoms with Crippen molar-refractivity contribution < 1.29 is 29.0 Å². The molecule has 0 radical (unpaired) electrons. The van der Waals surface area contributed by atoms with Gasteiger partial charge in [-0.2, -0.15) is 5.10 Å². The van der Waals surface area contributed by atoms with Gasteiger partial charge < -0.3 is 19.2 Å². The second kappa shape index (κ2) is 7.85. The molecule has 0 saturated carbocycles. The summed E-state index contributed by atoms with van der Waals surface area (Å²) in [6.07, 6.45) is 1.16. The van der Waals surface area contributed by atoms with Gasteiger partial charge in [-0.15, -0.1) is 0 Å². The van der Waals surface area contributed by atoms with E-state index in [2.05, 4.69) is 10.5 Å². The van der Waals surface area contributed by atoms with E-state index in [-0.39, 0.29) is 22.6 Å². The molecule has 0 aliphatic carbocycles. The molecule has 148 valence electrons. The lowest BCUT2D eigenvalue weighted by molar-refractivity contribution is 0.0659. The van der Waals surface area contributed by atoms with Crippen molar-refractivity contribution in [3.05, 3.63) is 76.5 Å². The fraction of sp³-hybridized carbons (Fsp3) is 0.100. The molecular weight excluding hydrogens is 378 g/mol. The first-order valence-electron chi connectivity index (χ1n) is 8.47. The lowest BCUT2D eigenvalue weighted by atomic mass is 10.1. The van der Waals surface area contributed by atoms with E-state index in [9.17, 15) is 19.5 Å². The Labute approximate surface area is 164 Å². The molecule has 3 rings (SSSR count). The van der Waals surface area contributed by atoms with Crippen molar-refractivity contribution in [1.29, 1.82) is 0 Å². The molecule has 9 nitrogen and oxygen atoms in total. The molecule has 3 aromatic rings. The Balaban J connectivity index is 1.85. The minimum Gasteiger partial charge on any atom is -0.478 e. The summed E-state index contributed by atoms with van der Waals surface area (Å²) in [5, 5.41) is 22.0. The number of aromatic nitrogens is 1. The smallest absolute Gasteiger partial charge is 0.371 e. The van der Waals surface area contributed by atoms with Crippen molar-refractivity contribution in [3.63, 3.8) is 0 Å². The monoisotopic (exact) mass is 395 g/mol. The number of rotatable bonds is 6. The van der Waals surface area contributed by atoms with E-state index in [1.54, 1.807) is 4.57 Å². The van der Waals surface area contributed by atoms with Crippen LogP contribution in [-0.4, -0.2) is 38.8 Å². The molecule has 0 bridgehead atoms. The molecule has 2 aromatic heterocycles. The van der Waals surface area contributed by atoms with Crippen LogP contribution in [-0.2, 0) is 0 Å². The molecule has 0 atom stereocenters. The van der Waals surface area contributed by atoms with Crippen LogP contribution in [0.25, 0.3) is 5.69 Å². The Morgan fingerprint density at radius 1 is 1.00 bits per heavy atom. The van der Waals surface area contributed by atoms with Gasteiger partial charge in [-0.1, -0.05) is 0 Å². The lowest BCUT2D eigenvalue weighted by Gasteiger charge is -2.14. The normalized spacial score (nSPS) is 11.0. The average molecular weight is 395 g/mol. The summed E-state index contributed by atoms with van der Waals surface area (Å²) in [7, 11) is 0. The number of benzene rings is 1. The van der Waals surface area contributed by atoms with Crippen molar-refractivity contribution in [2.75, 3.05) is 0 Å². The second-order valence-electron chi connectivity index (χ2n) is 6.19. The molecule has 1 aromatic carbocycles. The highest BCUT2D eigenvalue weighted by atomic mass is 16.4. The number of aryl methyl sites for hydroxylation is 2. The number of carboxylic acid groups (broad SMARTS) is 2. The molecule has 3 N–H and O–H groups in total. The third-order valence-corrected chi connectivity index (χ3v) is 4.20. The lowest BCUT2D eigenvalue weighted by Crippen LogP contribution is -2.19. The van der Waals surface area contributed by atoms with E-state index in [0.717, 1.165) is 17.6 Å². The van der Waals surface area contributed by atoms with E-state index in [1.165, 1.54) is 30.3 Å². The molecular formula is C20H17N3O6. The van der Waals surface area contributed by atoms with E-state index >= 15 is 0 Å².